The molecule has 0 spiro atoms. The second-order valence-electron chi connectivity index (χ2n) is 5.04. The van der Waals surface area contributed by atoms with Crippen LogP contribution < -0.4 is 5.32 Å². The number of nitrogens with one attached hydrogen (secondary N) is 1. The van der Waals surface area contributed by atoms with Gasteiger partial charge in [-0.15, -0.1) is 11.8 Å². The first kappa shape index (κ1) is 16.6. The van der Waals surface area contributed by atoms with Gasteiger partial charge in [-0.3, -0.25) is 0 Å². The Labute approximate surface area is 123 Å². The second-order valence-corrected chi connectivity index (χ2v) is 6.21. The quantitative estimate of drug-likeness (QED) is 0.438. The summed E-state index contributed by atoms with van der Waals surface area (Å²) < 4.78 is 0. The van der Waals surface area contributed by atoms with Gasteiger partial charge in [0, 0.05) is 11.4 Å². The third-order valence-corrected chi connectivity index (χ3v) is 4.32. The lowest BCUT2D eigenvalue weighted by atomic mass is 10.1. The predicted octanol–water partition coefficient (Wildman–Crippen LogP) is 5.25. The fourth-order valence-corrected chi connectivity index (χ4v) is 3.08. The molecule has 0 aromatic heterocycles. The van der Waals surface area contributed by atoms with E-state index in [4.69, 9.17) is 0 Å². The zero-order valence-electron chi connectivity index (χ0n) is 12.6. The van der Waals surface area contributed by atoms with Gasteiger partial charge in [0.1, 0.15) is 0 Å². The molecule has 0 unspecified atom stereocenters. The lowest BCUT2D eigenvalue weighted by Crippen LogP contribution is -2.11. The van der Waals surface area contributed by atoms with Crippen LogP contribution in [0.2, 0.25) is 0 Å². The highest BCUT2D eigenvalue weighted by atomic mass is 32.2. The highest BCUT2D eigenvalue weighted by molar-refractivity contribution is 7.99. The van der Waals surface area contributed by atoms with Gasteiger partial charge < -0.3 is 5.32 Å². The summed E-state index contributed by atoms with van der Waals surface area (Å²) in [6, 6.07) is 8.94. The minimum Gasteiger partial charge on any atom is -0.313 e. The van der Waals surface area contributed by atoms with Crippen LogP contribution in [0.4, 0.5) is 0 Å². The first-order valence-corrected chi connectivity index (χ1v) is 8.77. The number of hydrogen-bond acceptors (Lipinski definition) is 2. The van der Waals surface area contributed by atoms with E-state index in [0.29, 0.717) is 0 Å². The van der Waals surface area contributed by atoms with Crippen molar-refractivity contribution < 1.29 is 0 Å². The van der Waals surface area contributed by atoms with E-state index in [9.17, 15) is 0 Å². The summed E-state index contributed by atoms with van der Waals surface area (Å²) in [5, 5.41) is 3.38. The minimum atomic E-state index is 0.988. The van der Waals surface area contributed by atoms with Crippen LogP contribution in [0.3, 0.4) is 0 Å². The molecule has 0 saturated carbocycles. The van der Waals surface area contributed by atoms with Gasteiger partial charge in [-0.05, 0) is 36.4 Å². The maximum Gasteiger partial charge on any atom is 0.0205 e. The molecule has 1 aromatic carbocycles. The van der Waals surface area contributed by atoms with E-state index in [1.165, 1.54) is 54.7 Å². The van der Waals surface area contributed by atoms with Gasteiger partial charge in [0.2, 0.25) is 0 Å². The summed E-state index contributed by atoms with van der Waals surface area (Å²) in [6.45, 7) is 6.45. The van der Waals surface area contributed by atoms with Crippen molar-refractivity contribution in [2.75, 3.05) is 12.3 Å². The van der Waals surface area contributed by atoms with Gasteiger partial charge in [0.25, 0.3) is 0 Å². The molecule has 1 aromatic rings. The van der Waals surface area contributed by atoms with Crippen LogP contribution in [0, 0.1) is 0 Å². The molecule has 0 fully saturated rings. The van der Waals surface area contributed by atoms with Crippen LogP contribution >= 0.6 is 11.8 Å². The van der Waals surface area contributed by atoms with E-state index in [1.807, 2.05) is 11.8 Å². The smallest absolute Gasteiger partial charge is 0.0205 e. The number of unbranched alkanes of at least 4 members (excludes halogenated alkanes) is 5. The minimum absolute atomic E-state index is 0.988. The largest absolute Gasteiger partial charge is 0.313 e. The van der Waals surface area contributed by atoms with Crippen LogP contribution in [-0.4, -0.2) is 12.3 Å². The van der Waals surface area contributed by atoms with Crippen LogP contribution in [0.5, 0.6) is 0 Å². The van der Waals surface area contributed by atoms with Crippen LogP contribution in [0.25, 0.3) is 0 Å². The number of thioether (sulfide) groups is 1. The number of rotatable bonds is 11. The van der Waals surface area contributed by atoms with Crippen molar-refractivity contribution in [1.29, 1.82) is 0 Å². The summed E-state index contributed by atoms with van der Waals surface area (Å²) in [5.74, 6) is 1.26. The van der Waals surface area contributed by atoms with Crippen LogP contribution in [-0.2, 0) is 6.54 Å². The topological polar surface area (TPSA) is 12.0 Å². The SMILES string of the molecule is CCCCCCCCSc1cccc(CNCC)c1. The third kappa shape index (κ3) is 8.33. The Hall–Kier alpha value is -0.470. The standard InChI is InChI=1S/C17H29NS/c1-3-5-6-7-8-9-13-19-17-12-10-11-16(14-17)15-18-4-2/h10-12,14,18H,3-9,13,15H2,1-2H3. The van der Waals surface area contributed by atoms with Crippen molar-refractivity contribution in [1.82, 2.24) is 5.32 Å². The molecule has 0 aliphatic carbocycles. The van der Waals surface area contributed by atoms with Crippen molar-refractivity contribution in [3.05, 3.63) is 29.8 Å². The molecule has 0 amide bonds. The molecule has 1 nitrogen and oxygen atoms in total. The highest BCUT2D eigenvalue weighted by Gasteiger charge is 1.97. The summed E-state index contributed by atoms with van der Waals surface area (Å²) in [7, 11) is 0. The van der Waals surface area contributed by atoms with Crippen molar-refractivity contribution in [3.63, 3.8) is 0 Å². The Morgan fingerprint density at radius 1 is 1.00 bits per heavy atom. The normalized spacial score (nSPS) is 10.8. The Morgan fingerprint density at radius 3 is 2.58 bits per heavy atom. The maximum atomic E-state index is 3.38. The summed E-state index contributed by atoms with van der Waals surface area (Å²) >= 11 is 2.00. The summed E-state index contributed by atoms with van der Waals surface area (Å²) in [5.41, 5.74) is 1.40. The Kier molecular flexibility index (Phi) is 9.92. The van der Waals surface area contributed by atoms with E-state index >= 15 is 0 Å². The molecule has 1 N–H and O–H groups in total. The zero-order valence-corrected chi connectivity index (χ0v) is 13.4. The lowest BCUT2D eigenvalue weighted by Gasteiger charge is -2.06. The van der Waals surface area contributed by atoms with Gasteiger partial charge in [-0.1, -0.05) is 58.1 Å². The molecular weight excluding hydrogens is 250 g/mol. The first-order valence-electron chi connectivity index (χ1n) is 7.79. The van der Waals surface area contributed by atoms with E-state index in [0.717, 1.165) is 13.1 Å². The molecule has 0 atom stereocenters. The maximum absolute atomic E-state index is 3.38. The van der Waals surface area contributed by atoms with Gasteiger partial charge in [0.15, 0.2) is 0 Å². The Bertz CT molecular complexity index is 325. The molecule has 0 bridgehead atoms. The Morgan fingerprint density at radius 2 is 1.79 bits per heavy atom. The lowest BCUT2D eigenvalue weighted by molar-refractivity contribution is 0.627. The van der Waals surface area contributed by atoms with E-state index in [2.05, 4.69) is 43.4 Å². The van der Waals surface area contributed by atoms with Crippen molar-refractivity contribution >= 4 is 11.8 Å². The first-order chi connectivity index (χ1) is 9.36. The van der Waals surface area contributed by atoms with Crippen molar-refractivity contribution in [3.8, 4) is 0 Å². The van der Waals surface area contributed by atoms with E-state index < -0.39 is 0 Å². The highest BCUT2D eigenvalue weighted by Crippen LogP contribution is 2.21. The molecule has 0 saturated heterocycles. The van der Waals surface area contributed by atoms with Gasteiger partial charge in [-0.25, -0.2) is 0 Å². The third-order valence-electron chi connectivity index (χ3n) is 3.24. The molecule has 108 valence electrons. The molecule has 0 heterocycles. The molecule has 0 aliphatic heterocycles. The average molecular weight is 279 g/mol. The fraction of sp³-hybridized carbons (Fsp3) is 0.647. The molecular formula is C17H29NS. The number of hydrogen-bond donors (Lipinski definition) is 1. The zero-order chi connectivity index (χ0) is 13.8. The van der Waals surface area contributed by atoms with E-state index in [1.54, 1.807) is 0 Å². The fourth-order valence-electron chi connectivity index (χ4n) is 2.09. The monoisotopic (exact) mass is 279 g/mol. The predicted molar refractivity (Wildman–Crippen MR) is 87.9 cm³/mol. The molecule has 0 radical (unpaired) electrons. The van der Waals surface area contributed by atoms with Crippen LogP contribution in [0.1, 0.15) is 57.9 Å². The van der Waals surface area contributed by atoms with Crippen molar-refractivity contribution in [2.24, 2.45) is 0 Å². The van der Waals surface area contributed by atoms with Gasteiger partial charge in [-0.2, -0.15) is 0 Å². The van der Waals surface area contributed by atoms with Crippen molar-refractivity contribution in [2.45, 2.75) is 63.8 Å². The molecule has 2 heteroatoms. The Balaban J connectivity index is 2.14. The molecule has 19 heavy (non-hydrogen) atoms. The molecule has 0 aliphatic rings. The number of benzene rings is 1. The second kappa shape index (κ2) is 11.4. The molecule has 1 rings (SSSR count). The van der Waals surface area contributed by atoms with E-state index in [-0.39, 0.29) is 0 Å². The average Bonchev–Trinajstić information content (AvgIpc) is 2.44. The summed E-state index contributed by atoms with van der Waals surface area (Å²) in [4.78, 5) is 1.42. The summed E-state index contributed by atoms with van der Waals surface area (Å²) in [6.07, 6.45) is 8.32. The van der Waals surface area contributed by atoms with Crippen LogP contribution in [0.15, 0.2) is 29.2 Å². The van der Waals surface area contributed by atoms with Gasteiger partial charge in [0.05, 0.1) is 0 Å². The van der Waals surface area contributed by atoms with Gasteiger partial charge >= 0.3 is 0 Å².